The molecule has 1 aromatic carbocycles. The van der Waals surface area contributed by atoms with E-state index >= 15 is 0 Å². The van der Waals surface area contributed by atoms with Crippen LogP contribution in [0.15, 0.2) is 47.6 Å². The molecule has 9 heteroatoms. The first-order valence-electron chi connectivity index (χ1n) is 6.95. The zero-order valence-electron chi connectivity index (χ0n) is 12.6. The summed E-state index contributed by atoms with van der Waals surface area (Å²) in [4.78, 5) is 19.0. The first kappa shape index (κ1) is 18.6. The van der Waals surface area contributed by atoms with Crippen LogP contribution in [-0.4, -0.2) is 29.1 Å². The van der Waals surface area contributed by atoms with Crippen molar-refractivity contribution < 1.29 is 18.0 Å². The minimum Gasteiger partial charge on any atom is -0.346 e. The minimum absolute atomic E-state index is 0.101. The lowest BCUT2D eigenvalue weighted by Gasteiger charge is -2.07. The van der Waals surface area contributed by atoms with E-state index in [1.165, 1.54) is 18.3 Å². The number of carbonyl (C=O) groups is 1. The van der Waals surface area contributed by atoms with Gasteiger partial charge >= 0.3 is 6.18 Å². The fourth-order valence-electron chi connectivity index (χ4n) is 1.79. The maximum Gasteiger partial charge on any atom is 0.426 e. The summed E-state index contributed by atoms with van der Waals surface area (Å²) in [6.45, 7) is 0.101. The predicted molar refractivity (Wildman–Crippen MR) is 88.2 cm³/mol. The van der Waals surface area contributed by atoms with Crippen LogP contribution in [0, 0.1) is 5.41 Å². The van der Waals surface area contributed by atoms with E-state index in [-0.39, 0.29) is 24.2 Å². The van der Waals surface area contributed by atoms with E-state index in [2.05, 4.69) is 15.3 Å². The molecule has 0 fully saturated rings. The van der Waals surface area contributed by atoms with Gasteiger partial charge in [0.1, 0.15) is 6.21 Å². The van der Waals surface area contributed by atoms with Crippen molar-refractivity contribution in [2.45, 2.75) is 12.7 Å². The summed E-state index contributed by atoms with van der Waals surface area (Å²) in [7, 11) is 0. The van der Waals surface area contributed by atoms with Gasteiger partial charge in [-0.3, -0.25) is 15.2 Å². The Bertz CT molecular complexity index is 804. The molecule has 0 radical (unpaired) electrons. The van der Waals surface area contributed by atoms with Gasteiger partial charge in [0.25, 0.3) is 5.91 Å². The quantitative estimate of drug-likeness (QED) is 0.638. The second-order valence-corrected chi connectivity index (χ2v) is 5.26. The maximum atomic E-state index is 12.0. The Labute approximate surface area is 146 Å². The fraction of sp³-hybridized carbons (Fsp3) is 0.125. The molecule has 0 atom stereocenters. The number of benzene rings is 1. The molecule has 0 spiro atoms. The van der Waals surface area contributed by atoms with Crippen LogP contribution < -0.4 is 5.32 Å². The van der Waals surface area contributed by atoms with E-state index in [0.717, 1.165) is 0 Å². The van der Waals surface area contributed by atoms with Gasteiger partial charge in [0.05, 0.1) is 22.8 Å². The molecular weight excluding hydrogens is 357 g/mol. The molecule has 0 aliphatic rings. The molecule has 0 bridgehead atoms. The highest BCUT2D eigenvalue weighted by atomic mass is 35.5. The molecule has 1 aromatic heterocycles. The normalized spacial score (nSPS) is 11.5. The van der Waals surface area contributed by atoms with Gasteiger partial charge in [0.15, 0.2) is 5.84 Å². The summed E-state index contributed by atoms with van der Waals surface area (Å²) in [5, 5.41) is 10.4. The molecule has 2 N–H and O–H groups in total. The van der Waals surface area contributed by atoms with Crippen molar-refractivity contribution in [3.8, 4) is 0 Å². The molecule has 2 rings (SSSR count). The highest BCUT2D eigenvalue weighted by molar-refractivity contribution is 6.33. The van der Waals surface area contributed by atoms with Crippen molar-refractivity contribution in [3.05, 3.63) is 64.4 Å². The van der Waals surface area contributed by atoms with Crippen LogP contribution in [-0.2, 0) is 6.54 Å². The van der Waals surface area contributed by atoms with Crippen molar-refractivity contribution >= 4 is 29.6 Å². The Kier molecular flexibility index (Phi) is 5.87. The van der Waals surface area contributed by atoms with Crippen LogP contribution in [0.3, 0.4) is 0 Å². The van der Waals surface area contributed by atoms with Crippen molar-refractivity contribution in [3.63, 3.8) is 0 Å². The highest BCUT2D eigenvalue weighted by Crippen LogP contribution is 2.15. The van der Waals surface area contributed by atoms with Gasteiger partial charge in [0.2, 0.25) is 0 Å². The molecule has 0 aliphatic heterocycles. The van der Waals surface area contributed by atoms with Gasteiger partial charge < -0.3 is 5.32 Å². The molecule has 2 aromatic rings. The van der Waals surface area contributed by atoms with Crippen molar-refractivity contribution in [2.75, 3.05) is 0 Å². The number of hydrogen-bond acceptors (Lipinski definition) is 3. The maximum absolute atomic E-state index is 12.0. The average Bonchev–Trinajstić information content (AvgIpc) is 2.58. The SMILES string of the molecule is N=C(N=CC(F)(F)F)c1ccc(CNC(=O)c2ccccc2Cl)nc1. The number of pyridine rings is 1. The monoisotopic (exact) mass is 368 g/mol. The summed E-state index contributed by atoms with van der Waals surface area (Å²) in [5.41, 5.74) is 0.919. The first-order valence-corrected chi connectivity index (χ1v) is 7.32. The van der Waals surface area contributed by atoms with Crippen LogP contribution in [0.2, 0.25) is 5.02 Å². The van der Waals surface area contributed by atoms with Gasteiger partial charge in [-0.05, 0) is 24.3 Å². The number of carbonyl (C=O) groups excluding carboxylic acids is 1. The van der Waals surface area contributed by atoms with E-state index in [1.807, 2.05) is 0 Å². The van der Waals surface area contributed by atoms with Crippen LogP contribution in [0.4, 0.5) is 13.2 Å². The number of rotatable bonds is 4. The van der Waals surface area contributed by atoms with Crippen molar-refractivity contribution in [2.24, 2.45) is 4.99 Å². The Morgan fingerprint density at radius 2 is 2.00 bits per heavy atom. The smallest absolute Gasteiger partial charge is 0.346 e. The number of nitrogens with one attached hydrogen (secondary N) is 2. The zero-order valence-corrected chi connectivity index (χ0v) is 13.4. The molecule has 0 saturated carbocycles. The second kappa shape index (κ2) is 7.89. The lowest BCUT2D eigenvalue weighted by atomic mass is 10.2. The van der Waals surface area contributed by atoms with E-state index < -0.39 is 12.0 Å². The number of nitrogens with zero attached hydrogens (tertiary/aromatic N) is 2. The number of hydrogen-bond donors (Lipinski definition) is 2. The second-order valence-electron chi connectivity index (χ2n) is 4.85. The molecule has 0 aliphatic carbocycles. The summed E-state index contributed by atoms with van der Waals surface area (Å²) < 4.78 is 36.1. The third-order valence-corrected chi connectivity index (χ3v) is 3.32. The average molecular weight is 369 g/mol. The Morgan fingerprint density at radius 3 is 2.60 bits per heavy atom. The number of amides is 1. The van der Waals surface area contributed by atoms with Gasteiger partial charge in [0, 0.05) is 11.8 Å². The number of aliphatic imine (C=N–C) groups is 1. The van der Waals surface area contributed by atoms with Crippen LogP contribution in [0.25, 0.3) is 0 Å². The van der Waals surface area contributed by atoms with Crippen LogP contribution >= 0.6 is 11.6 Å². The zero-order chi connectivity index (χ0) is 18.4. The Balaban J connectivity index is 1.97. The Hall–Kier alpha value is -2.74. The van der Waals surface area contributed by atoms with E-state index in [4.69, 9.17) is 17.0 Å². The molecule has 0 unspecified atom stereocenters. The van der Waals surface area contributed by atoms with E-state index in [1.54, 1.807) is 24.3 Å². The van der Waals surface area contributed by atoms with Crippen molar-refractivity contribution in [1.82, 2.24) is 10.3 Å². The number of aromatic nitrogens is 1. The summed E-state index contributed by atoms with van der Waals surface area (Å²) in [6.07, 6.45) is -3.62. The summed E-state index contributed by atoms with van der Waals surface area (Å²) in [5.74, 6) is -0.935. The minimum atomic E-state index is -4.58. The number of amidine groups is 1. The van der Waals surface area contributed by atoms with Crippen LogP contribution in [0.5, 0.6) is 0 Å². The third-order valence-electron chi connectivity index (χ3n) is 2.99. The highest BCUT2D eigenvalue weighted by Gasteiger charge is 2.24. The molecule has 5 nitrogen and oxygen atoms in total. The van der Waals surface area contributed by atoms with Crippen LogP contribution in [0.1, 0.15) is 21.6 Å². The molecule has 25 heavy (non-hydrogen) atoms. The first-order chi connectivity index (χ1) is 11.8. The van der Waals surface area contributed by atoms with Gasteiger partial charge in [-0.15, -0.1) is 0 Å². The third kappa shape index (κ3) is 5.68. The topological polar surface area (TPSA) is 78.2 Å². The van der Waals surface area contributed by atoms with Gasteiger partial charge in [-0.25, -0.2) is 4.99 Å². The fourth-order valence-corrected chi connectivity index (χ4v) is 2.01. The van der Waals surface area contributed by atoms with E-state index in [9.17, 15) is 18.0 Å². The lowest BCUT2D eigenvalue weighted by Crippen LogP contribution is -2.23. The largest absolute Gasteiger partial charge is 0.426 e. The molecule has 1 heterocycles. The Morgan fingerprint density at radius 1 is 1.28 bits per heavy atom. The number of halogens is 4. The number of alkyl halides is 3. The predicted octanol–water partition coefficient (Wildman–Crippen LogP) is 3.62. The van der Waals surface area contributed by atoms with Gasteiger partial charge in [-0.2, -0.15) is 13.2 Å². The molecular formula is C16H12ClF3N4O. The summed E-state index contributed by atoms with van der Waals surface area (Å²) >= 11 is 5.92. The standard InChI is InChI=1S/C16H12ClF3N4O/c17-13-4-2-1-3-12(13)15(25)23-8-11-6-5-10(7-22-11)14(21)24-9-16(18,19)20/h1-7,9,21H,8H2,(H,23,25). The van der Waals surface area contributed by atoms with Gasteiger partial charge in [-0.1, -0.05) is 23.7 Å². The molecule has 1 amide bonds. The lowest BCUT2D eigenvalue weighted by molar-refractivity contribution is -0.0534. The van der Waals surface area contributed by atoms with Crippen molar-refractivity contribution in [1.29, 1.82) is 5.41 Å². The molecule has 130 valence electrons. The van der Waals surface area contributed by atoms with E-state index in [0.29, 0.717) is 16.3 Å². The summed E-state index contributed by atoms with van der Waals surface area (Å²) in [6, 6.07) is 9.45. The molecule has 0 saturated heterocycles.